The van der Waals surface area contributed by atoms with Crippen LogP contribution in [-0.2, 0) is 12.0 Å². The van der Waals surface area contributed by atoms with Gasteiger partial charge < -0.3 is 20.3 Å². The molecule has 12 nitrogen and oxygen atoms in total. The maximum atomic E-state index is 13.3. The molecule has 13 heteroatoms. The molecule has 0 saturated heterocycles. The maximum Gasteiger partial charge on any atom is 0.320 e. The van der Waals surface area contributed by atoms with Crippen LogP contribution >= 0.6 is 11.8 Å². The molecule has 0 unspecified atom stereocenters. The zero-order valence-corrected chi connectivity index (χ0v) is 28.6. The molecule has 3 heterocycles. The van der Waals surface area contributed by atoms with Crippen LogP contribution in [0.5, 0.6) is 11.5 Å². The van der Waals surface area contributed by atoms with Gasteiger partial charge in [0.1, 0.15) is 30.0 Å². The molecule has 0 fully saturated rings. The summed E-state index contributed by atoms with van der Waals surface area (Å²) in [4.78, 5) is 15.2. The monoisotopic (exact) mass is 688 g/mol. The Bertz CT molecular complexity index is 2200. The topological polar surface area (TPSA) is 163 Å². The van der Waals surface area contributed by atoms with Crippen molar-refractivity contribution >= 4 is 29.3 Å². The number of aromatic hydroxyl groups is 1. The molecule has 4 N–H and O–H groups in total. The molecular formula is C37H36N8O4S. The van der Waals surface area contributed by atoms with Crippen LogP contribution in [-0.4, -0.2) is 53.8 Å². The third-order valence-electron chi connectivity index (χ3n) is 8.37. The summed E-state index contributed by atoms with van der Waals surface area (Å²) in [7, 11) is 0. The fourth-order valence-corrected chi connectivity index (χ4v) is 6.15. The fourth-order valence-electron chi connectivity index (χ4n) is 5.18. The van der Waals surface area contributed by atoms with Gasteiger partial charge in [0.05, 0.1) is 29.1 Å². The molecule has 0 atom stereocenters. The van der Waals surface area contributed by atoms with Crippen molar-refractivity contribution in [1.29, 1.82) is 5.26 Å². The number of rotatable bonds is 12. The van der Waals surface area contributed by atoms with Crippen LogP contribution in [0.2, 0.25) is 0 Å². The van der Waals surface area contributed by atoms with Crippen LogP contribution in [0.3, 0.4) is 0 Å². The first kappa shape index (κ1) is 34.0. The quantitative estimate of drug-likeness (QED) is 0.110. The SMILES string of the molecule is CCC(C)(C)c1cc(NC(=O)NCc2ccccc2Sc2ccc3nnc(-c4ccccc4OCCO)n3c2)n(-c2ccc(O)c(C#N)c2)n1. The summed E-state index contributed by atoms with van der Waals surface area (Å²) in [6, 6.07) is 27.2. The van der Waals surface area contributed by atoms with Crippen LogP contribution < -0.4 is 15.4 Å². The van der Waals surface area contributed by atoms with Crippen LogP contribution in [0, 0.1) is 11.3 Å². The lowest BCUT2D eigenvalue weighted by atomic mass is 9.87. The van der Waals surface area contributed by atoms with E-state index in [0.29, 0.717) is 28.7 Å². The van der Waals surface area contributed by atoms with E-state index in [2.05, 4.69) is 41.6 Å². The molecule has 2 amide bonds. The van der Waals surface area contributed by atoms with Gasteiger partial charge in [-0.15, -0.1) is 10.2 Å². The highest BCUT2D eigenvalue weighted by molar-refractivity contribution is 7.99. The summed E-state index contributed by atoms with van der Waals surface area (Å²) >= 11 is 1.55. The van der Waals surface area contributed by atoms with Crippen molar-refractivity contribution in [2.24, 2.45) is 0 Å². The minimum absolute atomic E-state index is 0.0987. The number of nitrogens with one attached hydrogen (secondary N) is 2. The predicted molar refractivity (Wildman–Crippen MR) is 191 cm³/mol. The normalized spacial score (nSPS) is 11.3. The number of aliphatic hydroxyl groups excluding tert-OH is 1. The summed E-state index contributed by atoms with van der Waals surface area (Å²) < 4.78 is 9.22. The molecule has 50 heavy (non-hydrogen) atoms. The minimum Gasteiger partial charge on any atom is -0.507 e. The number of para-hydroxylation sites is 1. The van der Waals surface area contributed by atoms with Crippen LogP contribution in [0.4, 0.5) is 10.6 Å². The molecule has 3 aromatic carbocycles. The maximum absolute atomic E-state index is 13.3. The predicted octanol–water partition coefficient (Wildman–Crippen LogP) is 6.69. The van der Waals surface area contributed by atoms with Gasteiger partial charge in [0.15, 0.2) is 11.5 Å². The van der Waals surface area contributed by atoms with E-state index in [1.165, 1.54) is 12.1 Å². The number of benzene rings is 3. The summed E-state index contributed by atoms with van der Waals surface area (Å²) in [5, 5.41) is 48.2. The first-order valence-electron chi connectivity index (χ1n) is 16.0. The Morgan fingerprint density at radius 1 is 1.04 bits per heavy atom. The standard InChI is InChI=1S/C37H36N8O4S/c1-4-37(2,3)32-20-34(45(43-32)26-13-15-29(47)25(19-26)21-38)40-36(48)39-22-24-9-5-8-12-31(24)50-27-14-16-33-41-42-35(44(33)23-27)28-10-6-7-11-30(28)49-18-17-46/h5-16,19-20,23,46-47H,4,17-18,22H2,1-3H3,(H2,39,40,48). The van der Waals surface area contributed by atoms with E-state index >= 15 is 0 Å². The fraction of sp³-hybridized carbons (Fsp3) is 0.216. The largest absolute Gasteiger partial charge is 0.507 e. The van der Waals surface area contributed by atoms with Gasteiger partial charge in [-0.1, -0.05) is 62.9 Å². The Morgan fingerprint density at radius 3 is 2.64 bits per heavy atom. The van der Waals surface area contributed by atoms with Gasteiger partial charge in [0, 0.05) is 34.0 Å². The minimum atomic E-state index is -0.427. The van der Waals surface area contributed by atoms with Crippen LogP contribution in [0.15, 0.2) is 101 Å². The van der Waals surface area contributed by atoms with E-state index < -0.39 is 6.03 Å². The average molecular weight is 689 g/mol. The van der Waals surface area contributed by atoms with Crippen molar-refractivity contribution < 1.29 is 19.7 Å². The van der Waals surface area contributed by atoms with Crippen molar-refractivity contribution in [3.63, 3.8) is 0 Å². The third-order valence-corrected chi connectivity index (χ3v) is 9.46. The van der Waals surface area contributed by atoms with Gasteiger partial charge in [-0.25, -0.2) is 9.48 Å². The molecule has 254 valence electrons. The molecule has 0 saturated carbocycles. The number of fused-ring (bicyclic) bond motifs is 1. The number of aromatic nitrogens is 5. The van der Waals surface area contributed by atoms with Crippen molar-refractivity contribution in [2.45, 2.75) is 48.9 Å². The lowest BCUT2D eigenvalue weighted by Crippen LogP contribution is -2.29. The van der Waals surface area contributed by atoms with Crippen molar-refractivity contribution in [1.82, 2.24) is 29.7 Å². The highest BCUT2D eigenvalue weighted by Gasteiger charge is 2.25. The zero-order valence-electron chi connectivity index (χ0n) is 27.8. The summed E-state index contributed by atoms with van der Waals surface area (Å²) in [6.07, 6.45) is 2.79. The van der Waals surface area contributed by atoms with E-state index in [-0.39, 0.29) is 36.5 Å². The summed E-state index contributed by atoms with van der Waals surface area (Å²) in [5.41, 5.74) is 3.50. The number of nitrogens with zero attached hydrogens (tertiary/aromatic N) is 6. The first-order chi connectivity index (χ1) is 24.2. The number of pyridine rings is 1. The summed E-state index contributed by atoms with van der Waals surface area (Å²) in [5.74, 6) is 1.52. The number of carbonyl (C=O) groups excluding carboxylic acids is 1. The van der Waals surface area contributed by atoms with E-state index in [1.807, 2.05) is 83.4 Å². The van der Waals surface area contributed by atoms with Crippen molar-refractivity contribution in [2.75, 3.05) is 18.5 Å². The highest BCUT2D eigenvalue weighted by Crippen LogP contribution is 2.34. The molecule has 6 rings (SSSR count). The molecule has 0 bridgehead atoms. The van der Waals surface area contributed by atoms with Gasteiger partial charge in [0.25, 0.3) is 0 Å². The Balaban J connectivity index is 1.21. The second kappa shape index (κ2) is 14.7. The van der Waals surface area contributed by atoms with Gasteiger partial charge in [-0.3, -0.25) is 9.72 Å². The number of anilines is 1. The molecular weight excluding hydrogens is 653 g/mol. The molecule has 0 aliphatic carbocycles. The van der Waals surface area contributed by atoms with Crippen LogP contribution in [0.1, 0.15) is 44.0 Å². The second-order valence-electron chi connectivity index (χ2n) is 12.1. The van der Waals surface area contributed by atoms with E-state index in [4.69, 9.17) is 9.84 Å². The smallest absolute Gasteiger partial charge is 0.320 e. The molecule has 6 aromatic rings. The zero-order chi connectivity index (χ0) is 35.3. The lowest BCUT2D eigenvalue weighted by molar-refractivity contribution is 0.202. The molecule has 3 aromatic heterocycles. The molecule has 0 aliphatic heterocycles. The molecule has 0 spiro atoms. The number of amides is 2. The number of phenols is 1. The molecule has 0 aliphatic rings. The van der Waals surface area contributed by atoms with Gasteiger partial charge in [0.2, 0.25) is 0 Å². The Labute approximate surface area is 293 Å². The number of hydrogen-bond donors (Lipinski definition) is 4. The Hall–Kier alpha value is -5.84. The Kier molecular flexibility index (Phi) is 10.0. The van der Waals surface area contributed by atoms with Gasteiger partial charge >= 0.3 is 6.03 Å². The second-order valence-corrected chi connectivity index (χ2v) is 13.2. The number of carbonyl (C=O) groups is 1. The highest BCUT2D eigenvalue weighted by atomic mass is 32.2. The number of nitriles is 1. The first-order valence-corrected chi connectivity index (χ1v) is 16.8. The van der Waals surface area contributed by atoms with E-state index in [1.54, 1.807) is 22.5 Å². The van der Waals surface area contributed by atoms with Crippen molar-refractivity contribution in [3.8, 4) is 34.6 Å². The number of hydrogen-bond acceptors (Lipinski definition) is 9. The van der Waals surface area contributed by atoms with Crippen LogP contribution in [0.25, 0.3) is 22.7 Å². The number of ether oxygens (including phenoxy) is 1. The number of aliphatic hydroxyl groups is 1. The Morgan fingerprint density at radius 2 is 1.84 bits per heavy atom. The van der Waals surface area contributed by atoms with Gasteiger partial charge in [-0.2, -0.15) is 10.4 Å². The number of urea groups is 1. The summed E-state index contributed by atoms with van der Waals surface area (Å²) in [6.45, 7) is 6.54. The number of phenolic OH excluding ortho intramolecular Hbond substituents is 1. The third kappa shape index (κ3) is 7.26. The van der Waals surface area contributed by atoms with E-state index in [9.17, 15) is 20.3 Å². The van der Waals surface area contributed by atoms with E-state index in [0.717, 1.165) is 33.0 Å². The van der Waals surface area contributed by atoms with Gasteiger partial charge in [-0.05, 0) is 60.5 Å². The van der Waals surface area contributed by atoms with Crippen molar-refractivity contribution in [3.05, 3.63) is 108 Å². The molecule has 0 radical (unpaired) electrons. The lowest BCUT2D eigenvalue weighted by Gasteiger charge is -2.19. The average Bonchev–Trinajstić information content (AvgIpc) is 3.75.